The number of rotatable bonds is 18. The summed E-state index contributed by atoms with van der Waals surface area (Å²) in [6, 6.07) is 9.59. The summed E-state index contributed by atoms with van der Waals surface area (Å²) in [6.07, 6.45) is 10.8. The topological polar surface area (TPSA) is 145 Å². The first-order valence-electron chi connectivity index (χ1n) is 13.7. The summed E-state index contributed by atoms with van der Waals surface area (Å²) >= 11 is 0. The van der Waals surface area contributed by atoms with Crippen molar-refractivity contribution >= 4 is 17.9 Å². The summed E-state index contributed by atoms with van der Waals surface area (Å²) in [7, 11) is 1.49. The molecule has 0 aliphatic heterocycles. The second-order valence-corrected chi connectivity index (χ2v) is 9.53. The molecule has 0 saturated carbocycles. The second-order valence-electron chi connectivity index (χ2n) is 9.53. The number of unbranched alkanes of at least 4 members (excludes halogenated alkanes) is 5. The van der Waals surface area contributed by atoms with Gasteiger partial charge in [-0.25, -0.2) is 0 Å². The van der Waals surface area contributed by atoms with Gasteiger partial charge in [0.05, 0.1) is 7.11 Å². The number of carbonyl (C=O) groups is 2. The van der Waals surface area contributed by atoms with Crippen molar-refractivity contribution in [3.8, 4) is 23.0 Å². The highest BCUT2D eigenvalue weighted by Crippen LogP contribution is 2.27. The van der Waals surface area contributed by atoms with Gasteiger partial charge in [0.2, 0.25) is 11.8 Å². The molecule has 0 unspecified atom stereocenters. The Balaban J connectivity index is 1.59. The molecule has 2 amide bonds. The van der Waals surface area contributed by atoms with Crippen molar-refractivity contribution in [2.75, 3.05) is 33.3 Å². The Hall–Kier alpha value is -3.72. The predicted octanol–water partition coefficient (Wildman–Crippen LogP) is 4.09. The van der Waals surface area contributed by atoms with Gasteiger partial charge < -0.3 is 36.0 Å². The van der Waals surface area contributed by atoms with Crippen LogP contribution in [0, 0.1) is 0 Å². The number of ether oxygens (including phenoxy) is 1. The maximum atomic E-state index is 12.7. The van der Waals surface area contributed by atoms with E-state index in [0.29, 0.717) is 50.3 Å². The number of amides is 2. The Bertz CT molecular complexity index is 1070. The standard InChI is InChI=1S/C30H43N3O6/c1-39-28-14-10-24(22-27(28)36)12-16-30(38)33(20-8-17-31)19-7-5-3-2-4-6-18-32-29(37)15-11-23-9-13-25(34)26(35)21-23/h9-10,12-14,16,21-22,34-36H,2-8,11,15,17-20,31H2,1H3,(H,32,37)/b16-12+. The average Bonchev–Trinajstić information content (AvgIpc) is 2.93. The van der Waals surface area contributed by atoms with Crippen molar-refractivity contribution in [3.63, 3.8) is 0 Å². The van der Waals surface area contributed by atoms with Gasteiger partial charge in [0.15, 0.2) is 23.0 Å². The largest absolute Gasteiger partial charge is 0.504 e. The van der Waals surface area contributed by atoms with Crippen molar-refractivity contribution in [2.45, 2.75) is 57.8 Å². The Labute approximate surface area is 231 Å². The van der Waals surface area contributed by atoms with Crippen LogP contribution in [0.4, 0.5) is 0 Å². The molecule has 0 aliphatic rings. The minimum absolute atomic E-state index is 0.0253. The number of hydrogen-bond donors (Lipinski definition) is 5. The van der Waals surface area contributed by atoms with E-state index in [-0.39, 0.29) is 29.1 Å². The van der Waals surface area contributed by atoms with E-state index in [1.807, 2.05) is 4.90 Å². The molecule has 0 radical (unpaired) electrons. The first kappa shape index (κ1) is 31.5. The molecule has 2 aromatic carbocycles. The fourth-order valence-electron chi connectivity index (χ4n) is 4.13. The molecule has 0 aliphatic carbocycles. The lowest BCUT2D eigenvalue weighted by Crippen LogP contribution is -2.32. The van der Waals surface area contributed by atoms with Gasteiger partial charge >= 0.3 is 0 Å². The number of phenols is 3. The number of methoxy groups -OCH3 is 1. The van der Waals surface area contributed by atoms with Gasteiger partial charge in [0.1, 0.15) is 0 Å². The van der Waals surface area contributed by atoms with E-state index >= 15 is 0 Å². The third kappa shape index (κ3) is 12.1. The number of aromatic hydroxyl groups is 3. The normalized spacial score (nSPS) is 11.0. The van der Waals surface area contributed by atoms with Crippen molar-refractivity contribution in [3.05, 3.63) is 53.6 Å². The van der Waals surface area contributed by atoms with Crippen LogP contribution < -0.4 is 15.8 Å². The molecule has 0 bridgehead atoms. The second kappa shape index (κ2) is 17.7. The van der Waals surface area contributed by atoms with Crippen LogP contribution in [0.25, 0.3) is 6.08 Å². The van der Waals surface area contributed by atoms with Crippen LogP contribution in [0.5, 0.6) is 23.0 Å². The van der Waals surface area contributed by atoms with Crippen LogP contribution in [0.2, 0.25) is 0 Å². The number of hydrogen-bond acceptors (Lipinski definition) is 7. The summed E-state index contributed by atoms with van der Waals surface area (Å²) in [6.45, 7) is 2.45. The Morgan fingerprint density at radius 3 is 2.31 bits per heavy atom. The van der Waals surface area contributed by atoms with Gasteiger partial charge in [0, 0.05) is 32.1 Å². The molecule has 0 heterocycles. The van der Waals surface area contributed by atoms with E-state index in [4.69, 9.17) is 10.5 Å². The van der Waals surface area contributed by atoms with E-state index in [1.165, 1.54) is 25.3 Å². The minimum atomic E-state index is -0.175. The number of carbonyl (C=O) groups excluding carboxylic acids is 2. The molecule has 0 saturated heterocycles. The van der Waals surface area contributed by atoms with Crippen LogP contribution in [0.1, 0.15) is 62.5 Å². The summed E-state index contributed by atoms with van der Waals surface area (Å²) in [5.41, 5.74) is 7.17. The third-order valence-electron chi connectivity index (χ3n) is 6.42. The average molecular weight is 542 g/mol. The van der Waals surface area contributed by atoms with Gasteiger partial charge in [0.25, 0.3) is 0 Å². The van der Waals surface area contributed by atoms with Crippen LogP contribution in [-0.4, -0.2) is 65.3 Å². The van der Waals surface area contributed by atoms with Gasteiger partial charge in [-0.2, -0.15) is 0 Å². The monoisotopic (exact) mass is 541 g/mol. The van der Waals surface area contributed by atoms with Crippen LogP contribution in [-0.2, 0) is 16.0 Å². The molecule has 214 valence electrons. The zero-order valence-electron chi connectivity index (χ0n) is 22.9. The minimum Gasteiger partial charge on any atom is -0.504 e. The number of nitrogens with two attached hydrogens (primary N) is 1. The lowest BCUT2D eigenvalue weighted by atomic mass is 10.1. The van der Waals surface area contributed by atoms with Gasteiger partial charge in [-0.05, 0) is 73.7 Å². The lowest BCUT2D eigenvalue weighted by molar-refractivity contribution is -0.126. The van der Waals surface area contributed by atoms with Crippen LogP contribution in [0.15, 0.2) is 42.5 Å². The molecule has 39 heavy (non-hydrogen) atoms. The van der Waals surface area contributed by atoms with Crippen LogP contribution in [0.3, 0.4) is 0 Å². The fourth-order valence-corrected chi connectivity index (χ4v) is 4.13. The summed E-state index contributed by atoms with van der Waals surface area (Å²) in [5.74, 6) is -0.0222. The molecule has 2 rings (SSSR count). The number of nitrogens with zero attached hydrogens (tertiary/aromatic N) is 1. The first-order valence-corrected chi connectivity index (χ1v) is 13.7. The molecule has 9 nitrogen and oxygen atoms in total. The van der Waals surface area contributed by atoms with E-state index in [0.717, 1.165) is 50.5 Å². The summed E-state index contributed by atoms with van der Waals surface area (Å²) < 4.78 is 5.05. The third-order valence-corrected chi connectivity index (χ3v) is 6.42. The highest BCUT2D eigenvalue weighted by molar-refractivity contribution is 5.91. The Morgan fingerprint density at radius 2 is 1.62 bits per heavy atom. The SMILES string of the molecule is COc1ccc(/C=C/C(=O)N(CCCN)CCCCCCCCNC(=O)CCc2ccc(O)c(O)c2)cc1O. The molecule has 0 atom stereocenters. The molecule has 6 N–H and O–H groups in total. The molecular weight excluding hydrogens is 498 g/mol. The Kier molecular flexibility index (Phi) is 14.3. The van der Waals surface area contributed by atoms with E-state index in [1.54, 1.807) is 30.3 Å². The maximum Gasteiger partial charge on any atom is 0.246 e. The number of nitrogens with one attached hydrogen (secondary N) is 1. The molecule has 2 aromatic rings. The zero-order valence-corrected chi connectivity index (χ0v) is 22.9. The fraction of sp³-hybridized carbons (Fsp3) is 0.467. The Morgan fingerprint density at radius 1 is 0.897 bits per heavy atom. The van der Waals surface area contributed by atoms with Crippen LogP contribution >= 0.6 is 0 Å². The highest BCUT2D eigenvalue weighted by Gasteiger charge is 2.10. The molecule has 9 heteroatoms. The lowest BCUT2D eigenvalue weighted by Gasteiger charge is -2.21. The smallest absolute Gasteiger partial charge is 0.246 e. The van der Waals surface area contributed by atoms with Gasteiger partial charge in [-0.3, -0.25) is 9.59 Å². The molecular formula is C30H43N3O6. The molecule has 0 fully saturated rings. The van der Waals surface area contributed by atoms with Crippen molar-refractivity contribution in [2.24, 2.45) is 5.73 Å². The van der Waals surface area contributed by atoms with Gasteiger partial charge in [-0.1, -0.05) is 37.8 Å². The predicted molar refractivity (Wildman–Crippen MR) is 153 cm³/mol. The number of phenolic OH excluding ortho intramolecular Hbond substituents is 3. The van der Waals surface area contributed by atoms with Crippen molar-refractivity contribution in [1.29, 1.82) is 0 Å². The van der Waals surface area contributed by atoms with Crippen molar-refractivity contribution in [1.82, 2.24) is 10.2 Å². The molecule has 0 aromatic heterocycles. The molecule has 0 spiro atoms. The maximum absolute atomic E-state index is 12.7. The quantitative estimate of drug-likeness (QED) is 0.109. The summed E-state index contributed by atoms with van der Waals surface area (Å²) in [4.78, 5) is 26.6. The zero-order chi connectivity index (χ0) is 28.5. The summed E-state index contributed by atoms with van der Waals surface area (Å²) in [5, 5.41) is 31.7. The first-order chi connectivity index (χ1) is 18.8. The van der Waals surface area contributed by atoms with E-state index in [9.17, 15) is 24.9 Å². The number of aryl methyl sites for hydroxylation is 1. The van der Waals surface area contributed by atoms with E-state index in [2.05, 4.69) is 5.32 Å². The van der Waals surface area contributed by atoms with Gasteiger partial charge in [-0.15, -0.1) is 0 Å². The van der Waals surface area contributed by atoms with E-state index < -0.39 is 0 Å². The van der Waals surface area contributed by atoms with Crippen molar-refractivity contribution < 1.29 is 29.6 Å². The highest BCUT2D eigenvalue weighted by atomic mass is 16.5. The number of benzene rings is 2.